The molecule has 0 amide bonds. The van der Waals surface area contributed by atoms with Gasteiger partial charge in [-0.3, -0.25) is 0 Å². The van der Waals surface area contributed by atoms with Gasteiger partial charge in [-0.15, -0.1) is 0 Å². The van der Waals surface area contributed by atoms with Crippen LogP contribution in [-0.2, 0) is 27.2 Å². The molecule has 234 valence electrons. The first-order valence-electron chi connectivity index (χ1n) is 15.5. The molecule has 1 saturated heterocycles. The molecule has 9 heteroatoms. The van der Waals surface area contributed by atoms with Gasteiger partial charge in [0, 0.05) is 24.5 Å². The highest BCUT2D eigenvalue weighted by Gasteiger charge is 2.48. The van der Waals surface area contributed by atoms with E-state index >= 15 is 0 Å². The van der Waals surface area contributed by atoms with Gasteiger partial charge in [0.25, 0.3) is 0 Å². The molecular formula is C35H44N4O5. The molecule has 1 aliphatic heterocycles. The van der Waals surface area contributed by atoms with E-state index in [1.54, 1.807) is 0 Å². The summed E-state index contributed by atoms with van der Waals surface area (Å²) in [6.07, 6.45) is -3.41. The second kappa shape index (κ2) is 13.6. The van der Waals surface area contributed by atoms with Crippen LogP contribution in [0.3, 0.4) is 0 Å². The van der Waals surface area contributed by atoms with Crippen molar-refractivity contribution in [3.63, 3.8) is 0 Å². The highest BCUT2D eigenvalue weighted by atomic mass is 16.7. The molecule has 4 aromatic rings. The maximum Gasteiger partial charge on any atom is 0.174 e. The number of benzene rings is 4. The predicted octanol–water partition coefficient (Wildman–Crippen LogP) is 2.30. The van der Waals surface area contributed by atoms with Gasteiger partial charge in [-0.05, 0) is 51.9 Å². The Kier molecular flexibility index (Phi) is 9.58. The maximum absolute atomic E-state index is 11.5. The molecule has 1 heterocycles. The van der Waals surface area contributed by atoms with Crippen molar-refractivity contribution >= 4 is 21.5 Å². The summed E-state index contributed by atoms with van der Waals surface area (Å²) in [7, 11) is 0. The molecule has 6 rings (SSSR count). The highest BCUT2D eigenvalue weighted by molar-refractivity contribution is 5.86. The number of nitrogens with two attached hydrogens (primary N) is 4. The molecule has 44 heavy (non-hydrogen) atoms. The van der Waals surface area contributed by atoms with Crippen LogP contribution in [-0.4, -0.2) is 71.7 Å². The van der Waals surface area contributed by atoms with Gasteiger partial charge in [0.15, 0.2) is 6.29 Å². The third-order valence-electron chi connectivity index (χ3n) is 9.46. The molecule has 1 saturated carbocycles. The van der Waals surface area contributed by atoms with Gasteiger partial charge in [0.1, 0.15) is 18.3 Å². The minimum atomic E-state index is -1.11. The smallest absolute Gasteiger partial charge is 0.174 e. The van der Waals surface area contributed by atoms with Crippen molar-refractivity contribution in [2.75, 3.05) is 6.54 Å². The Labute approximate surface area is 258 Å². The summed E-state index contributed by atoms with van der Waals surface area (Å²) in [5.41, 5.74) is 27.9. The lowest BCUT2D eigenvalue weighted by molar-refractivity contribution is -0.282. The lowest BCUT2D eigenvalue weighted by Crippen LogP contribution is -2.66. The number of ether oxygens (including phenoxy) is 3. The predicted molar refractivity (Wildman–Crippen MR) is 171 cm³/mol. The molecule has 0 aromatic heterocycles. The van der Waals surface area contributed by atoms with Gasteiger partial charge in [0.2, 0.25) is 0 Å². The van der Waals surface area contributed by atoms with Gasteiger partial charge < -0.3 is 47.4 Å². The summed E-state index contributed by atoms with van der Waals surface area (Å²) >= 11 is 0. The van der Waals surface area contributed by atoms with E-state index in [1.807, 2.05) is 48.5 Å². The molecular weight excluding hydrogens is 556 g/mol. The van der Waals surface area contributed by atoms with Crippen LogP contribution >= 0.6 is 0 Å². The minimum Gasteiger partial charge on any atom is -0.390 e. The van der Waals surface area contributed by atoms with Crippen LogP contribution in [0, 0.1) is 5.92 Å². The average molecular weight is 601 g/mol. The molecule has 0 spiro atoms. The lowest BCUT2D eigenvalue weighted by atomic mass is 9.82. The molecule has 0 bridgehead atoms. The zero-order valence-electron chi connectivity index (χ0n) is 24.8. The van der Waals surface area contributed by atoms with Crippen LogP contribution in [0.2, 0.25) is 0 Å². The lowest BCUT2D eigenvalue weighted by Gasteiger charge is -2.47. The van der Waals surface area contributed by atoms with Crippen LogP contribution in [0.4, 0.5) is 0 Å². The summed E-state index contributed by atoms with van der Waals surface area (Å²) in [5.74, 6) is -0.348. The molecule has 4 unspecified atom stereocenters. The second-order valence-corrected chi connectivity index (χ2v) is 12.3. The van der Waals surface area contributed by atoms with E-state index in [9.17, 15) is 10.2 Å². The Morgan fingerprint density at radius 1 is 0.727 bits per heavy atom. The third kappa shape index (κ3) is 6.25. The van der Waals surface area contributed by atoms with Crippen molar-refractivity contribution in [1.29, 1.82) is 0 Å². The Morgan fingerprint density at radius 3 is 2.00 bits per heavy atom. The Hall–Kier alpha value is -2.96. The topological polar surface area (TPSA) is 172 Å². The maximum atomic E-state index is 11.5. The van der Waals surface area contributed by atoms with Crippen LogP contribution in [0.15, 0.2) is 84.9 Å². The molecule has 9 nitrogen and oxygen atoms in total. The quantitative estimate of drug-likeness (QED) is 0.169. The van der Waals surface area contributed by atoms with Gasteiger partial charge in [-0.2, -0.15) is 0 Å². The van der Waals surface area contributed by atoms with Crippen LogP contribution in [0.5, 0.6) is 0 Å². The zero-order chi connectivity index (χ0) is 30.8. The number of rotatable bonds is 9. The average Bonchev–Trinajstić information content (AvgIpc) is 3.03. The van der Waals surface area contributed by atoms with Gasteiger partial charge in [-0.25, -0.2) is 0 Å². The Morgan fingerprint density at radius 2 is 1.32 bits per heavy atom. The summed E-state index contributed by atoms with van der Waals surface area (Å²) in [6, 6.07) is 26.9. The van der Waals surface area contributed by atoms with E-state index in [2.05, 4.69) is 36.4 Å². The number of hydrogen-bond acceptors (Lipinski definition) is 9. The van der Waals surface area contributed by atoms with Crippen molar-refractivity contribution < 1.29 is 24.4 Å². The van der Waals surface area contributed by atoms with Crippen LogP contribution in [0.25, 0.3) is 21.5 Å². The standard InChI is InChI=1S/C35H44N4O5/c36-18-29-31(40)26(16-15-22-11-5-9-20-7-1-3-13-24(20)22)30(39)35(43-29)44-34-28(38)17-27(37)33(32(34)41)42-19-23-12-6-10-21-8-2-4-14-25(21)23/h1-14,26-35,40-41H,15-19,36-39H2/t26-,27-,28?,29?,30?,31-,32-,33?,34+,35+/m1/s1. The number of aryl methyl sites for hydroxylation is 1. The second-order valence-electron chi connectivity index (χ2n) is 12.3. The molecule has 4 aromatic carbocycles. The first kappa shape index (κ1) is 31.0. The minimum absolute atomic E-state index is 0.0967. The van der Waals surface area contributed by atoms with Crippen molar-refractivity contribution in [1.82, 2.24) is 0 Å². The summed E-state index contributed by atoms with van der Waals surface area (Å²) in [6.45, 7) is 0.370. The Balaban J connectivity index is 1.16. The van der Waals surface area contributed by atoms with Crippen LogP contribution < -0.4 is 22.9 Å². The van der Waals surface area contributed by atoms with E-state index in [4.69, 9.17) is 37.1 Å². The van der Waals surface area contributed by atoms with Crippen molar-refractivity contribution in [2.24, 2.45) is 28.9 Å². The van der Waals surface area contributed by atoms with E-state index in [1.165, 1.54) is 16.3 Å². The van der Waals surface area contributed by atoms with Crippen molar-refractivity contribution in [2.45, 2.75) is 80.8 Å². The third-order valence-corrected chi connectivity index (χ3v) is 9.46. The van der Waals surface area contributed by atoms with Gasteiger partial charge in [-0.1, -0.05) is 84.9 Å². The molecule has 2 fully saturated rings. The fourth-order valence-corrected chi connectivity index (χ4v) is 7.00. The van der Waals surface area contributed by atoms with Gasteiger partial charge >= 0.3 is 0 Å². The molecule has 0 radical (unpaired) electrons. The normalized spacial score (nSPS) is 32.7. The number of fused-ring (bicyclic) bond motifs is 2. The van der Waals surface area contributed by atoms with Crippen molar-refractivity contribution in [3.8, 4) is 0 Å². The van der Waals surface area contributed by atoms with E-state index < -0.39 is 54.9 Å². The summed E-state index contributed by atoms with van der Waals surface area (Å²) in [5, 5.41) is 27.2. The van der Waals surface area contributed by atoms with E-state index in [-0.39, 0.29) is 19.1 Å². The molecule has 10 atom stereocenters. The summed E-state index contributed by atoms with van der Waals surface area (Å²) in [4.78, 5) is 0. The number of aliphatic hydroxyl groups excluding tert-OH is 2. The van der Waals surface area contributed by atoms with E-state index in [0.29, 0.717) is 19.3 Å². The highest BCUT2D eigenvalue weighted by Crippen LogP contribution is 2.33. The zero-order valence-corrected chi connectivity index (χ0v) is 24.8. The fraction of sp³-hybridized carbons (Fsp3) is 0.429. The monoisotopic (exact) mass is 600 g/mol. The van der Waals surface area contributed by atoms with E-state index in [0.717, 1.165) is 16.3 Å². The van der Waals surface area contributed by atoms with Gasteiger partial charge in [0.05, 0.1) is 24.9 Å². The largest absolute Gasteiger partial charge is 0.390 e. The number of hydrogen-bond donors (Lipinski definition) is 6. The molecule has 1 aliphatic carbocycles. The van der Waals surface area contributed by atoms with Crippen LogP contribution in [0.1, 0.15) is 24.0 Å². The summed E-state index contributed by atoms with van der Waals surface area (Å²) < 4.78 is 18.7. The fourth-order valence-electron chi connectivity index (χ4n) is 7.00. The molecule has 10 N–H and O–H groups in total. The van der Waals surface area contributed by atoms with Crippen molar-refractivity contribution in [3.05, 3.63) is 96.1 Å². The SMILES string of the molecule is NCC1O[C@@H](O[C@H]2C(N)C[C@@H](N)C(OCc3cccc4ccccc34)[C@H]2O)C(N)[C@@H](CCc2cccc3ccccc23)[C@H]1O. The molecule has 2 aliphatic rings. The first-order chi connectivity index (χ1) is 21.4. The first-order valence-corrected chi connectivity index (χ1v) is 15.5. The number of aliphatic hydroxyl groups is 2. The Bertz CT molecular complexity index is 1540.